The van der Waals surface area contributed by atoms with Crippen molar-refractivity contribution < 1.29 is 13.9 Å². The Morgan fingerprint density at radius 2 is 2.33 bits per heavy atom. The summed E-state index contributed by atoms with van der Waals surface area (Å²) in [5.41, 5.74) is 6.06. The third-order valence-corrected chi connectivity index (χ3v) is 3.58. The van der Waals surface area contributed by atoms with Gasteiger partial charge in [0.2, 0.25) is 0 Å². The quantitative estimate of drug-likeness (QED) is 0.875. The first kappa shape index (κ1) is 18.0. The molecule has 1 amide bonds. The van der Waals surface area contributed by atoms with Crippen LogP contribution in [0.4, 0.5) is 0 Å². The van der Waals surface area contributed by atoms with Crippen molar-refractivity contribution >= 4 is 18.3 Å². The highest BCUT2D eigenvalue weighted by molar-refractivity contribution is 5.94. The van der Waals surface area contributed by atoms with Gasteiger partial charge in [-0.15, -0.1) is 12.4 Å². The van der Waals surface area contributed by atoms with Gasteiger partial charge in [0, 0.05) is 19.7 Å². The van der Waals surface area contributed by atoms with Gasteiger partial charge in [-0.25, -0.2) is 0 Å². The van der Waals surface area contributed by atoms with Gasteiger partial charge >= 0.3 is 0 Å². The van der Waals surface area contributed by atoms with Crippen LogP contribution in [0.1, 0.15) is 42.8 Å². The summed E-state index contributed by atoms with van der Waals surface area (Å²) in [6.45, 7) is 6.86. The normalized spacial score (nSPS) is 18.1. The van der Waals surface area contributed by atoms with Gasteiger partial charge in [-0.3, -0.25) is 4.79 Å². The Morgan fingerprint density at radius 1 is 1.57 bits per heavy atom. The standard InChI is InChI=1S/C15H24N2O3.ClH/c1-11(2)4-6-19-13-3-5-17(9-13)15(18)12-7-14(8-16)20-10-12;/h7,10-11,13H,3-6,8-9,16H2,1-2H3;1H. The van der Waals surface area contributed by atoms with E-state index in [0.29, 0.717) is 30.3 Å². The van der Waals surface area contributed by atoms with Crippen LogP contribution in [0.15, 0.2) is 16.7 Å². The molecule has 0 aliphatic carbocycles. The Kier molecular flexibility index (Phi) is 7.22. The van der Waals surface area contributed by atoms with Gasteiger partial charge < -0.3 is 19.8 Å². The van der Waals surface area contributed by atoms with E-state index in [0.717, 1.165) is 26.0 Å². The molecule has 1 unspecified atom stereocenters. The van der Waals surface area contributed by atoms with Crippen LogP contribution in [0, 0.1) is 5.92 Å². The van der Waals surface area contributed by atoms with Crippen LogP contribution in [0.25, 0.3) is 0 Å². The zero-order valence-corrected chi connectivity index (χ0v) is 13.5. The molecule has 1 aliphatic heterocycles. The monoisotopic (exact) mass is 316 g/mol. The predicted octanol–water partition coefficient (Wildman–Crippen LogP) is 2.44. The van der Waals surface area contributed by atoms with E-state index in [9.17, 15) is 4.79 Å². The zero-order valence-electron chi connectivity index (χ0n) is 12.7. The zero-order chi connectivity index (χ0) is 14.5. The number of hydrogen-bond acceptors (Lipinski definition) is 4. The van der Waals surface area contributed by atoms with E-state index in [1.807, 2.05) is 4.90 Å². The van der Waals surface area contributed by atoms with Gasteiger partial charge in [0.05, 0.1) is 18.2 Å². The average Bonchev–Trinajstić information content (AvgIpc) is 3.06. The fourth-order valence-electron chi connectivity index (χ4n) is 2.30. The molecule has 0 saturated carbocycles. The lowest BCUT2D eigenvalue weighted by Gasteiger charge is -2.16. The van der Waals surface area contributed by atoms with Crippen LogP contribution in [0.5, 0.6) is 0 Å². The molecule has 2 N–H and O–H groups in total. The number of rotatable bonds is 6. The minimum atomic E-state index is 0. The highest BCUT2D eigenvalue weighted by atomic mass is 35.5. The van der Waals surface area contributed by atoms with E-state index in [4.69, 9.17) is 14.9 Å². The molecule has 1 aliphatic rings. The van der Waals surface area contributed by atoms with E-state index in [1.165, 1.54) is 6.26 Å². The molecule has 1 aromatic rings. The number of likely N-dealkylation sites (tertiary alicyclic amines) is 1. The lowest BCUT2D eigenvalue weighted by Crippen LogP contribution is -2.30. The molecule has 120 valence electrons. The topological polar surface area (TPSA) is 68.7 Å². The van der Waals surface area contributed by atoms with Crippen LogP contribution < -0.4 is 5.73 Å². The number of ether oxygens (including phenoxy) is 1. The Hall–Kier alpha value is -1.04. The molecule has 0 aromatic carbocycles. The molecule has 1 fully saturated rings. The minimum absolute atomic E-state index is 0. The summed E-state index contributed by atoms with van der Waals surface area (Å²) in [6, 6.07) is 1.72. The fraction of sp³-hybridized carbons (Fsp3) is 0.667. The van der Waals surface area contributed by atoms with Crippen molar-refractivity contribution in [3.8, 4) is 0 Å². The lowest BCUT2D eigenvalue weighted by molar-refractivity contribution is 0.0484. The number of nitrogens with zero attached hydrogens (tertiary/aromatic N) is 1. The molecule has 6 heteroatoms. The van der Waals surface area contributed by atoms with Crippen LogP contribution in [-0.2, 0) is 11.3 Å². The average molecular weight is 317 g/mol. The molecule has 2 rings (SSSR count). The molecule has 2 heterocycles. The first-order valence-corrected chi connectivity index (χ1v) is 7.28. The Morgan fingerprint density at radius 3 is 2.95 bits per heavy atom. The van der Waals surface area contributed by atoms with Crippen molar-refractivity contribution in [2.75, 3.05) is 19.7 Å². The first-order valence-electron chi connectivity index (χ1n) is 7.28. The second-order valence-electron chi connectivity index (χ2n) is 5.72. The van der Waals surface area contributed by atoms with Gasteiger partial charge in [0.15, 0.2) is 0 Å². The number of carbonyl (C=O) groups excluding carboxylic acids is 1. The number of carbonyl (C=O) groups is 1. The molecule has 5 nitrogen and oxygen atoms in total. The number of halogens is 1. The SMILES string of the molecule is CC(C)CCOC1CCN(C(=O)c2coc(CN)c2)C1.Cl. The van der Waals surface area contributed by atoms with Gasteiger partial charge in [-0.05, 0) is 24.8 Å². The third-order valence-electron chi connectivity index (χ3n) is 3.58. The van der Waals surface area contributed by atoms with Gasteiger partial charge in [-0.2, -0.15) is 0 Å². The number of furan rings is 1. The van der Waals surface area contributed by atoms with Crippen LogP contribution >= 0.6 is 12.4 Å². The van der Waals surface area contributed by atoms with E-state index in [2.05, 4.69) is 13.8 Å². The largest absolute Gasteiger partial charge is 0.467 e. The number of hydrogen-bond donors (Lipinski definition) is 1. The van der Waals surface area contributed by atoms with E-state index >= 15 is 0 Å². The molecule has 21 heavy (non-hydrogen) atoms. The fourth-order valence-corrected chi connectivity index (χ4v) is 2.30. The van der Waals surface area contributed by atoms with Crippen molar-refractivity contribution in [1.29, 1.82) is 0 Å². The number of amides is 1. The summed E-state index contributed by atoms with van der Waals surface area (Å²) in [5.74, 6) is 1.29. The molecule has 1 aromatic heterocycles. The van der Waals surface area contributed by atoms with Crippen molar-refractivity contribution in [3.05, 3.63) is 23.7 Å². The van der Waals surface area contributed by atoms with Crippen molar-refractivity contribution in [2.24, 2.45) is 11.7 Å². The summed E-state index contributed by atoms with van der Waals surface area (Å²) in [4.78, 5) is 14.1. The maximum Gasteiger partial charge on any atom is 0.257 e. The van der Waals surface area contributed by atoms with E-state index in [-0.39, 0.29) is 24.4 Å². The van der Waals surface area contributed by atoms with E-state index in [1.54, 1.807) is 6.07 Å². The first-order chi connectivity index (χ1) is 9.60. The highest BCUT2D eigenvalue weighted by Crippen LogP contribution is 2.18. The third kappa shape index (κ3) is 5.02. The van der Waals surface area contributed by atoms with Crippen LogP contribution in [0.3, 0.4) is 0 Å². The van der Waals surface area contributed by atoms with Crippen molar-refractivity contribution in [3.63, 3.8) is 0 Å². The predicted molar refractivity (Wildman–Crippen MR) is 83.6 cm³/mol. The molecular formula is C15H25ClN2O3. The van der Waals surface area contributed by atoms with Crippen molar-refractivity contribution in [2.45, 2.75) is 39.3 Å². The van der Waals surface area contributed by atoms with Gasteiger partial charge in [-0.1, -0.05) is 13.8 Å². The molecular weight excluding hydrogens is 292 g/mol. The Labute approximate surface area is 132 Å². The second kappa shape index (κ2) is 8.41. The Bertz CT molecular complexity index is 448. The van der Waals surface area contributed by atoms with Crippen LogP contribution in [0.2, 0.25) is 0 Å². The summed E-state index contributed by atoms with van der Waals surface area (Å²) in [6.07, 6.45) is 3.62. The molecule has 1 atom stereocenters. The molecule has 1 saturated heterocycles. The summed E-state index contributed by atoms with van der Waals surface area (Å²) in [7, 11) is 0. The van der Waals surface area contributed by atoms with Crippen LogP contribution in [-0.4, -0.2) is 36.6 Å². The second-order valence-corrected chi connectivity index (χ2v) is 5.72. The van der Waals surface area contributed by atoms with Crippen molar-refractivity contribution in [1.82, 2.24) is 4.90 Å². The molecule has 0 radical (unpaired) electrons. The Balaban J connectivity index is 0.00000220. The molecule has 0 spiro atoms. The maximum atomic E-state index is 12.3. The lowest BCUT2D eigenvalue weighted by atomic mass is 10.1. The smallest absolute Gasteiger partial charge is 0.257 e. The van der Waals surface area contributed by atoms with Gasteiger partial charge in [0.25, 0.3) is 5.91 Å². The van der Waals surface area contributed by atoms with E-state index < -0.39 is 0 Å². The highest BCUT2D eigenvalue weighted by Gasteiger charge is 2.28. The summed E-state index contributed by atoms with van der Waals surface area (Å²) >= 11 is 0. The molecule has 0 bridgehead atoms. The van der Waals surface area contributed by atoms with Gasteiger partial charge in [0.1, 0.15) is 12.0 Å². The minimum Gasteiger partial charge on any atom is -0.467 e. The summed E-state index contributed by atoms with van der Waals surface area (Å²) < 4.78 is 11.0. The summed E-state index contributed by atoms with van der Waals surface area (Å²) in [5, 5.41) is 0. The number of nitrogens with two attached hydrogens (primary N) is 1. The maximum absolute atomic E-state index is 12.3.